The first-order valence-electron chi connectivity index (χ1n) is 11.3. The number of carbonyl (C=O) groups excluding carboxylic acids is 1. The van der Waals surface area contributed by atoms with Crippen LogP contribution in [0.25, 0.3) is 0 Å². The van der Waals surface area contributed by atoms with Gasteiger partial charge in [0.05, 0.1) is 19.6 Å². The van der Waals surface area contributed by atoms with E-state index >= 15 is 0 Å². The van der Waals surface area contributed by atoms with E-state index in [0.717, 1.165) is 10.1 Å². The van der Waals surface area contributed by atoms with Gasteiger partial charge in [-0.1, -0.05) is 42.3 Å². The standard InChI is InChI=1S/C25H22Cl2N6O5/c1-15(22(34)37-2)12-33-24(35)31-23(32(25(33)36)13-16-3-5-17(26)6-4-16)30-18-7-9-19(10-8-18)38-21-11-20(27)28-14-29-21/h3-11,14-15H,12-13H2,1-2H3,(H,30,31,35)/t15-/m0/s1. The number of hydrogen-bond donors (Lipinski definition) is 1. The maximum atomic E-state index is 13.4. The summed E-state index contributed by atoms with van der Waals surface area (Å²) in [5, 5.41) is 3.81. The normalized spacial score (nSPS) is 11.6. The zero-order valence-electron chi connectivity index (χ0n) is 20.3. The number of rotatable bonds is 9. The molecular weight excluding hydrogens is 535 g/mol. The van der Waals surface area contributed by atoms with Crippen LogP contribution in [0.5, 0.6) is 11.6 Å². The molecule has 0 aliphatic carbocycles. The lowest BCUT2D eigenvalue weighted by atomic mass is 10.2. The molecular formula is C25H22Cl2N6O5. The van der Waals surface area contributed by atoms with Gasteiger partial charge in [0.2, 0.25) is 11.8 Å². The topological polar surface area (TPSA) is 130 Å². The fourth-order valence-corrected chi connectivity index (χ4v) is 3.74. The van der Waals surface area contributed by atoms with E-state index in [1.807, 2.05) is 0 Å². The fraction of sp³-hybridized carbons (Fsp3) is 0.200. The lowest BCUT2D eigenvalue weighted by Crippen LogP contribution is -2.44. The van der Waals surface area contributed by atoms with E-state index in [2.05, 4.69) is 20.3 Å². The molecule has 0 spiro atoms. The molecule has 0 fully saturated rings. The zero-order valence-corrected chi connectivity index (χ0v) is 21.8. The van der Waals surface area contributed by atoms with E-state index in [1.54, 1.807) is 55.5 Å². The summed E-state index contributed by atoms with van der Waals surface area (Å²) in [6, 6.07) is 15.1. The highest BCUT2D eigenvalue weighted by Gasteiger charge is 2.20. The Morgan fingerprint density at radius 1 is 1.03 bits per heavy atom. The first-order chi connectivity index (χ1) is 18.2. The van der Waals surface area contributed by atoms with Crippen LogP contribution in [-0.2, 0) is 22.6 Å². The van der Waals surface area contributed by atoms with E-state index in [-0.39, 0.29) is 30.1 Å². The summed E-state index contributed by atoms with van der Waals surface area (Å²) in [4.78, 5) is 50.0. The summed E-state index contributed by atoms with van der Waals surface area (Å²) < 4.78 is 12.6. The number of carbonyl (C=O) groups is 1. The Hall–Kier alpha value is -4.22. The Morgan fingerprint density at radius 3 is 2.39 bits per heavy atom. The molecule has 0 bridgehead atoms. The largest absolute Gasteiger partial charge is 0.469 e. The second-order valence-corrected chi connectivity index (χ2v) is 9.00. The van der Waals surface area contributed by atoms with Crippen molar-refractivity contribution in [1.82, 2.24) is 24.1 Å². The lowest BCUT2D eigenvalue weighted by molar-refractivity contribution is -0.145. The first-order valence-corrected chi connectivity index (χ1v) is 12.1. The molecule has 2 aromatic heterocycles. The van der Waals surface area contributed by atoms with Gasteiger partial charge in [0, 0.05) is 23.3 Å². The van der Waals surface area contributed by atoms with Crippen molar-refractivity contribution in [2.24, 2.45) is 5.92 Å². The van der Waals surface area contributed by atoms with E-state index in [4.69, 9.17) is 32.7 Å². The zero-order chi connectivity index (χ0) is 27.2. The third-order valence-electron chi connectivity index (χ3n) is 5.41. The van der Waals surface area contributed by atoms with Crippen molar-refractivity contribution in [2.45, 2.75) is 20.0 Å². The minimum absolute atomic E-state index is 0.0215. The van der Waals surface area contributed by atoms with Gasteiger partial charge < -0.3 is 14.8 Å². The van der Waals surface area contributed by atoms with Gasteiger partial charge in [-0.15, -0.1) is 0 Å². The van der Waals surface area contributed by atoms with Crippen LogP contribution in [0.3, 0.4) is 0 Å². The molecule has 0 aliphatic rings. The van der Waals surface area contributed by atoms with Gasteiger partial charge in [0.1, 0.15) is 17.2 Å². The molecule has 0 saturated heterocycles. The van der Waals surface area contributed by atoms with Crippen molar-refractivity contribution in [2.75, 3.05) is 12.4 Å². The number of benzene rings is 2. The predicted octanol–water partition coefficient (Wildman–Crippen LogP) is 3.90. The second-order valence-electron chi connectivity index (χ2n) is 8.18. The van der Waals surface area contributed by atoms with Crippen LogP contribution in [0.15, 0.2) is 70.5 Å². The SMILES string of the molecule is COC(=O)[C@@H](C)Cn1c(=O)nc(Nc2ccc(Oc3cc(Cl)ncn3)cc2)n(Cc2ccc(Cl)cc2)c1=O. The van der Waals surface area contributed by atoms with Gasteiger partial charge in [-0.3, -0.25) is 9.36 Å². The fourth-order valence-electron chi connectivity index (χ4n) is 3.47. The van der Waals surface area contributed by atoms with Crippen LogP contribution in [0.4, 0.5) is 11.6 Å². The number of anilines is 2. The van der Waals surface area contributed by atoms with Crippen LogP contribution in [0.2, 0.25) is 10.2 Å². The average molecular weight is 557 g/mol. The predicted molar refractivity (Wildman–Crippen MR) is 141 cm³/mol. The highest BCUT2D eigenvalue weighted by atomic mass is 35.5. The molecule has 0 aliphatic heterocycles. The first kappa shape index (κ1) is 26.8. The summed E-state index contributed by atoms with van der Waals surface area (Å²) in [6.45, 7) is 1.47. The Balaban J connectivity index is 1.65. The minimum atomic E-state index is -0.804. The molecule has 0 saturated carbocycles. The van der Waals surface area contributed by atoms with Crippen molar-refractivity contribution >= 4 is 40.8 Å². The smallest absolute Gasteiger partial charge is 0.354 e. The summed E-state index contributed by atoms with van der Waals surface area (Å²) >= 11 is 11.9. The van der Waals surface area contributed by atoms with Gasteiger partial charge >= 0.3 is 17.3 Å². The Bertz CT molecular complexity index is 1550. The van der Waals surface area contributed by atoms with Crippen LogP contribution < -0.4 is 21.4 Å². The lowest BCUT2D eigenvalue weighted by Gasteiger charge is -2.17. The highest BCUT2D eigenvalue weighted by molar-refractivity contribution is 6.30. The summed E-state index contributed by atoms with van der Waals surface area (Å²) in [6.07, 6.45) is 1.29. The molecule has 4 rings (SSSR count). The van der Waals surface area contributed by atoms with E-state index in [9.17, 15) is 14.4 Å². The van der Waals surface area contributed by atoms with E-state index in [0.29, 0.717) is 16.5 Å². The number of halogens is 2. The molecule has 0 amide bonds. The third-order valence-corrected chi connectivity index (χ3v) is 5.86. The van der Waals surface area contributed by atoms with Crippen molar-refractivity contribution in [3.05, 3.63) is 97.6 Å². The molecule has 11 nitrogen and oxygen atoms in total. The Kier molecular flexibility index (Phi) is 8.39. The number of esters is 1. The van der Waals surface area contributed by atoms with Crippen molar-refractivity contribution in [1.29, 1.82) is 0 Å². The van der Waals surface area contributed by atoms with Crippen molar-refractivity contribution in [3.8, 4) is 11.6 Å². The van der Waals surface area contributed by atoms with Crippen molar-refractivity contribution < 1.29 is 14.3 Å². The number of methoxy groups -OCH3 is 1. The molecule has 0 radical (unpaired) electrons. The average Bonchev–Trinajstić information content (AvgIpc) is 2.90. The third kappa shape index (κ3) is 6.55. The Labute approximate surface area is 226 Å². The number of aromatic nitrogens is 5. The molecule has 2 heterocycles. The molecule has 1 N–H and O–H groups in total. The molecule has 2 aromatic carbocycles. The van der Waals surface area contributed by atoms with Gasteiger partial charge in [-0.25, -0.2) is 24.1 Å². The minimum Gasteiger partial charge on any atom is -0.469 e. The maximum Gasteiger partial charge on any atom is 0.354 e. The van der Waals surface area contributed by atoms with E-state index < -0.39 is 23.3 Å². The highest BCUT2D eigenvalue weighted by Crippen LogP contribution is 2.24. The second kappa shape index (κ2) is 11.9. The number of nitrogens with zero attached hydrogens (tertiary/aromatic N) is 5. The molecule has 1 atom stereocenters. The molecule has 0 unspecified atom stereocenters. The van der Waals surface area contributed by atoms with Crippen LogP contribution in [0.1, 0.15) is 12.5 Å². The summed E-state index contributed by atoms with van der Waals surface area (Å²) in [7, 11) is 1.24. The van der Waals surface area contributed by atoms with Crippen molar-refractivity contribution in [3.63, 3.8) is 0 Å². The van der Waals surface area contributed by atoms with Gasteiger partial charge in [0.15, 0.2) is 0 Å². The quantitative estimate of drug-likeness (QED) is 0.241. The molecule has 38 heavy (non-hydrogen) atoms. The summed E-state index contributed by atoms with van der Waals surface area (Å²) in [5.74, 6) is -0.507. The van der Waals surface area contributed by atoms with Crippen LogP contribution >= 0.6 is 23.2 Å². The Morgan fingerprint density at radius 2 is 1.74 bits per heavy atom. The molecule has 13 heteroatoms. The van der Waals surface area contributed by atoms with Gasteiger partial charge in [-0.2, -0.15) is 4.98 Å². The summed E-state index contributed by atoms with van der Waals surface area (Å²) in [5.41, 5.74) is -0.158. The van der Waals surface area contributed by atoms with Crippen LogP contribution in [0, 0.1) is 5.92 Å². The number of nitrogens with one attached hydrogen (secondary N) is 1. The monoisotopic (exact) mass is 556 g/mol. The van der Waals surface area contributed by atoms with E-state index in [1.165, 1.54) is 24.1 Å². The van der Waals surface area contributed by atoms with Gasteiger partial charge in [0.25, 0.3) is 0 Å². The van der Waals surface area contributed by atoms with Crippen LogP contribution in [-0.4, -0.2) is 37.2 Å². The molecule has 4 aromatic rings. The maximum absolute atomic E-state index is 13.4. The molecule has 196 valence electrons. The number of ether oxygens (including phenoxy) is 2. The van der Waals surface area contributed by atoms with Gasteiger partial charge in [-0.05, 0) is 42.0 Å². The number of hydrogen-bond acceptors (Lipinski definition) is 9.